The normalized spacial score (nSPS) is 10.2. The van der Waals surface area contributed by atoms with Gasteiger partial charge in [-0.25, -0.2) is 4.39 Å². The van der Waals surface area contributed by atoms with Crippen molar-refractivity contribution in [1.29, 1.82) is 0 Å². The number of hydrogen-bond donors (Lipinski definition) is 2. The van der Waals surface area contributed by atoms with Gasteiger partial charge < -0.3 is 15.4 Å². The van der Waals surface area contributed by atoms with E-state index in [4.69, 9.17) is 4.74 Å². The molecule has 0 saturated heterocycles. The molecule has 1 heterocycles. The zero-order valence-electron chi connectivity index (χ0n) is 14.9. The quantitative estimate of drug-likeness (QED) is 0.661. The molecule has 2 aromatic carbocycles. The van der Waals surface area contributed by atoms with Gasteiger partial charge in [0.15, 0.2) is 18.2 Å². The van der Waals surface area contributed by atoms with Gasteiger partial charge in [-0.05, 0) is 42.0 Å². The number of halogens is 1. The van der Waals surface area contributed by atoms with Gasteiger partial charge in [-0.3, -0.25) is 14.6 Å². The summed E-state index contributed by atoms with van der Waals surface area (Å²) in [7, 11) is 0. The van der Waals surface area contributed by atoms with Crippen LogP contribution in [-0.4, -0.2) is 23.4 Å². The predicted molar refractivity (Wildman–Crippen MR) is 102 cm³/mol. The number of aromatic nitrogens is 1. The molecule has 6 nitrogen and oxygen atoms in total. The van der Waals surface area contributed by atoms with Gasteiger partial charge in [0.2, 0.25) is 0 Å². The molecule has 0 aliphatic carbocycles. The Bertz CT molecular complexity index is 964. The van der Waals surface area contributed by atoms with Crippen molar-refractivity contribution < 1.29 is 18.7 Å². The zero-order chi connectivity index (χ0) is 19.8. The average Bonchev–Trinajstić information content (AvgIpc) is 2.72. The fourth-order valence-electron chi connectivity index (χ4n) is 2.42. The molecule has 0 saturated carbocycles. The van der Waals surface area contributed by atoms with E-state index in [1.165, 1.54) is 12.1 Å². The van der Waals surface area contributed by atoms with Crippen molar-refractivity contribution in [2.75, 3.05) is 11.9 Å². The van der Waals surface area contributed by atoms with Crippen molar-refractivity contribution in [3.8, 4) is 5.75 Å². The van der Waals surface area contributed by atoms with Crippen LogP contribution in [0.4, 0.5) is 10.1 Å². The summed E-state index contributed by atoms with van der Waals surface area (Å²) in [6.07, 6.45) is 3.09. The second-order valence-electron chi connectivity index (χ2n) is 5.89. The summed E-state index contributed by atoms with van der Waals surface area (Å²) in [4.78, 5) is 28.0. The number of nitrogens with zero attached hydrogens (tertiary/aromatic N) is 1. The van der Waals surface area contributed by atoms with Gasteiger partial charge >= 0.3 is 0 Å². The molecule has 142 valence electrons. The van der Waals surface area contributed by atoms with Crippen molar-refractivity contribution in [1.82, 2.24) is 10.3 Å². The van der Waals surface area contributed by atoms with Crippen LogP contribution >= 0.6 is 0 Å². The maximum atomic E-state index is 13.5. The van der Waals surface area contributed by atoms with Crippen LogP contribution in [0.2, 0.25) is 0 Å². The summed E-state index contributed by atoms with van der Waals surface area (Å²) in [6.45, 7) is -0.0438. The highest BCUT2D eigenvalue weighted by atomic mass is 19.1. The zero-order valence-corrected chi connectivity index (χ0v) is 14.9. The molecule has 0 aliphatic heterocycles. The fourth-order valence-corrected chi connectivity index (χ4v) is 2.42. The molecule has 0 spiro atoms. The SMILES string of the molecule is O=C(COc1ccccc1F)NCc1cccc(NC(=O)c2ccncc2)c1. The maximum Gasteiger partial charge on any atom is 0.258 e. The minimum atomic E-state index is -0.520. The molecule has 0 aliphatic rings. The van der Waals surface area contributed by atoms with Gasteiger partial charge in [-0.1, -0.05) is 24.3 Å². The number of anilines is 1. The number of carbonyl (C=O) groups is 2. The number of rotatable bonds is 7. The highest BCUT2D eigenvalue weighted by molar-refractivity contribution is 6.04. The van der Waals surface area contributed by atoms with Crippen LogP contribution in [0, 0.1) is 5.82 Å². The number of carbonyl (C=O) groups excluding carboxylic acids is 2. The van der Waals surface area contributed by atoms with Gasteiger partial charge in [0.25, 0.3) is 11.8 Å². The Morgan fingerprint density at radius 1 is 1.00 bits per heavy atom. The number of hydrogen-bond acceptors (Lipinski definition) is 4. The monoisotopic (exact) mass is 379 g/mol. The summed E-state index contributed by atoms with van der Waals surface area (Å²) in [5.41, 5.74) is 1.90. The van der Waals surface area contributed by atoms with Gasteiger partial charge in [-0.2, -0.15) is 0 Å². The van der Waals surface area contributed by atoms with E-state index in [2.05, 4.69) is 15.6 Å². The van der Waals surface area contributed by atoms with E-state index in [9.17, 15) is 14.0 Å². The number of para-hydroxylation sites is 1. The molecule has 3 rings (SSSR count). The summed E-state index contributed by atoms with van der Waals surface area (Å²) < 4.78 is 18.6. The Morgan fingerprint density at radius 2 is 1.79 bits per heavy atom. The summed E-state index contributed by atoms with van der Waals surface area (Å²) in [5, 5.41) is 5.49. The van der Waals surface area contributed by atoms with E-state index >= 15 is 0 Å². The molecule has 2 amide bonds. The Hall–Kier alpha value is -3.74. The highest BCUT2D eigenvalue weighted by Gasteiger charge is 2.08. The Kier molecular flexibility index (Phi) is 6.30. The van der Waals surface area contributed by atoms with Gasteiger partial charge in [0, 0.05) is 30.2 Å². The lowest BCUT2D eigenvalue weighted by molar-refractivity contribution is -0.123. The van der Waals surface area contributed by atoms with Crippen molar-refractivity contribution >= 4 is 17.5 Å². The van der Waals surface area contributed by atoms with Crippen LogP contribution in [0.5, 0.6) is 5.75 Å². The molecular weight excluding hydrogens is 361 g/mol. The first kappa shape index (κ1) is 19.0. The molecule has 0 fully saturated rings. The van der Waals surface area contributed by atoms with Crippen LogP contribution < -0.4 is 15.4 Å². The van der Waals surface area contributed by atoms with E-state index in [0.29, 0.717) is 11.3 Å². The fraction of sp³-hybridized carbons (Fsp3) is 0.0952. The molecule has 0 unspecified atom stereocenters. The third-order valence-corrected chi connectivity index (χ3v) is 3.81. The Labute approximate surface area is 161 Å². The molecule has 7 heteroatoms. The average molecular weight is 379 g/mol. The molecule has 28 heavy (non-hydrogen) atoms. The lowest BCUT2D eigenvalue weighted by atomic mass is 10.2. The van der Waals surface area contributed by atoms with Crippen LogP contribution in [0.1, 0.15) is 15.9 Å². The number of pyridine rings is 1. The second-order valence-corrected chi connectivity index (χ2v) is 5.89. The van der Waals surface area contributed by atoms with E-state index < -0.39 is 5.82 Å². The summed E-state index contributed by atoms with van der Waals surface area (Å²) >= 11 is 0. The summed E-state index contributed by atoms with van der Waals surface area (Å²) in [5.74, 6) is -1.12. The first-order chi connectivity index (χ1) is 13.6. The molecular formula is C21H18FN3O3. The molecule has 3 aromatic rings. The Morgan fingerprint density at radius 3 is 2.57 bits per heavy atom. The molecule has 0 bridgehead atoms. The minimum Gasteiger partial charge on any atom is -0.481 e. The standard InChI is InChI=1S/C21H18FN3O3/c22-18-6-1-2-7-19(18)28-14-20(26)24-13-15-4-3-5-17(12-15)25-21(27)16-8-10-23-11-9-16/h1-12H,13-14H2,(H,24,26)(H,25,27). The number of amides is 2. The predicted octanol–water partition coefficient (Wildman–Crippen LogP) is 3.17. The van der Waals surface area contributed by atoms with E-state index in [1.54, 1.807) is 54.9 Å². The van der Waals surface area contributed by atoms with Crippen LogP contribution in [0.3, 0.4) is 0 Å². The topological polar surface area (TPSA) is 80.3 Å². The lowest BCUT2D eigenvalue weighted by Crippen LogP contribution is -2.28. The third kappa shape index (κ3) is 5.38. The third-order valence-electron chi connectivity index (χ3n) is 3.81. The van der Waals surface area contributed by atoms with E-state index in [1.807, 2.05) is 6.07 Å². The first-order valence-electron chi connectivity index (χ1n) is 8.56. The second kappa shape index (κ2) is 9.27. The van der Waals surface area contributed by atoms with Gasteiger partial charge in [-0.15, -0.1) is 0 Å². The maximum absolute atomic E-state index is 13.5. The molecule has 1 aromatic heterocycles. The first-order valence-corrected chi connectivity index (χ1v) is 8.56. The molecule has 0 radical (unpaired) electrons. The van der Waals surface area contributed by atoms with Crippen LogP contribution in [0.25, 0.3) is 0 Å². The highest BCUT2D eigenvalue weighted by Crippen LogP contribution is 2.15. The van der Waals surface area contributed by atoms with Crippen LogP contribution in [-0.2, 0) is 11.3 Å². The number of ether oxygens (including phenoxy) is 1. The van der Waals surface area contributed by atoms with Crippen molar-refractivity contribution in [2.45, 2.75) is 6.54 Å². The number of benzene rings is 2. The number of nitrogens with one attached hydrogen (secondary N) is 2. The van der Waals surface area contributed by atoms with E-state index in [-0.39, 0.29) is 30.7 Å². The minimum absolute atomic E-state index is 0.0264. The van der Waals surface area contributed by atoms with Crippen molar-refractivity contribution in [3.63, 3.8) is 0 Å². The molecule has 2 N–H and O–H groups in total. The smallest absolute Gasteiger partial charge is 0.258 e. The van der Waals surface area contributed by atoms with Gasteiger partial charge in [0.05, 0.1) is 0 Å². The Balaban J connectivity index is 1.51. The van der Waals surface area contributed by atoms with E-state index in [0.717, 1.165) is 5.56 Å². The van der Waals surface area contributed by atoms with Crippen molar-refractivity contribution in [2.24, 2.45) is 0 Å². The lowest BCUT2D eigenvalue weighted by Gasteiger charge is -2.10. The van der Waals surface area contributed by atoms with Crippen molar-refractivity contribution in [3.05, 3.63) is 90.0 Å². The van der Waals surface area contributed by atoms with Crippen LogP contribution in [0.15, 0.2) is 73.1 Å². The van der Waals surface area contributed by atoms with Gasteiger partial charge in [0.1, 0.15) is 0 Å². The molecule has 0 atom stereocenters. The largest absolute Gasteiger partial charge is 0.481 e. The summed E-state index contributed by atoms with van der Waals surface area (Å²) in [6, 6.07) is 16.2.